The summed E-state index contributed by atoms with van der Waals surface area (Å²) in [5, 5.41) is 8.36. The van der Waals surface area contributed by atoms with Gasteiger partial charge in [-0.25, -0.2) is 0 Å². The summed E-state index contributed by atoms with van der Waals surface area (Å²) in [5.74, 6) is 1.37. The summed E-state index contributed by atoms with van der Waals surface area (Å²) >= 11 is 1.68. The largest absolute Gasteiger partial charge is 0.540 e. The molecule has 1 heterocycles. The molecule has 0 amide bonds. The number of benzene rings is 1. The SMILES string of the molecule is CC(=O)/C=C(/C)O.COc1c[c-]c(-c2cc(SC)ccn2)c(OC)c1.[Ir]. The van der Waals surface area contributed by atoms with E-state index in [4.69, 9.17) is 14.6 Å². The van der Waals surface area contributed by atoms with Gasteiger partial charge in [0.2, 0.25) is 0 Å². The Morgan fingerprint density at radius 3 is 2.42 bits per heavy atom. The minimum Gasteiger partial charge on any atom is -0.540 e. The van der Waals surface area contributed by atoms with Crippen molar-refractivity contribution in [1.82, 2.24) is 4.98 Å². The van der Waals surface area contributed by atoms with Crippen molar-refractivity contribution >= 4 is 17.5 Å². The molecule has 0 aliphatic carbocycles. The molecule has 0 fully saturated rings. The number of methoxy groups -OCH3 is 2. The average Bonchev–Trinajstić information content (AvgIpc) is 2.60. The van der Waals surface area contributed by atoms with Crippen LogP contribution in [0.2, 0.25) is 0 Å². The van der Waals surface area contributed by atoms with Crippen LogP contribution in [0.25, 0.3) is 11.3 Å². The molecule has 2 rings (SSSR count). The first-order valence-corrected chi connectivity index (χ1v) is 8.65. The number of thioether (sulfide) groups is 1. The maximum absolute atomic E-state index is 10.0. The Bertz CT molecular complexity index is 746. The van der Waals surface area contributed by atoms with Gasteiger partial charge < -0.3 is 19.6 Å². The van der Waals surface area contributed by atoms with Crippen LogP contribution in [-0.2, 0) is 24.9 Å². The number of nitrogens with zero attached hydrogens (tertiary/aromatic N) is 1. The summed E-state index contributed by atoms with van der Waals surface area (Å²) in [6, 6.07) is 10.8. The number of ketones is 1. The van der Waals surface area contributed by atoms with Crippen LogP contribution >= 0.6 is 11.8 Å². The molecule has 143 valence electrons. The minimum absolute atomic E-state index is 0. The molecule has 1 radical (unpaired) electrons. The number of carbonyl (C=O) groups excluding carboxylic acids is 1. The smallest absolute Gasteiger partial charge is 0.155 e. The zero-order valence-corrected chi connectivity index (χ0v) is 18.5. The Morgan fingerprint density at radius 2 is 1.96 bits per heavy atom. The molecule has 1 aromatic heterocycles. The van der Waals surface area contributed by atoms with Crippen molar-refractivity contribution < 1.29 is 39.5 Å². The van der Waals surface area contributed by atoms with Gasteiger partial charge in [0.1, 0.15) is 0 Å². The monoisotopic (exact) mass is 553 g/mol. The molecule has 0 saturated heterocycles. The van der Waals surface area contributed by atoms with Gasteiger partial charge in [-0.1, -0.05) is 17.7 Å². The topological polar surface area (TPSA) is 68.7 Å². The number of allylic oxidation sites excluding steroid dienone is 2. The van der Waals surface area contributed by atoms with E-state index in [0.29, 0.717) is 5.75 Å². The summed E-state index contributed by atoms with van der Waals surface area (Å²) in [5.41, 5.74) is 1.69. The van der Waals surface area contributed by atoms with Gasteiger partial charge in [-0.15, -0.1) is 23.9 Å². The standard InChI is InChI=1S/C14H14NO2S.C5H8O2.Ir/c1-16-10-4-5-12(14(8-10)17-2)13-9-11(18-3)6-7-15-13;1-4(6)3-5(2)7;/h4,6-9H,1-3H3;3,6H,1-2H3;/q-1;;/b;4-3-;. The van der Waals surface area contributed by atoms with Crippen molar-refractivity contribution in [3.05, 3.63) is 48.4 Å². The summed E-state index contributed by atoms with van der Waals surface area (Å²) in [4.78, 5) is 15.5. The van der Waals surface area contributed by atoms with Gasteiger partial charge in [-0.2, -0.15) is 0 Å². The Kier molecular flexibility index (Phi) is 11.6. The number of aliphatic hydroxyl groups excluding tert-OH is 1. The zero-order chi connectivity index (χ0) is 18.8. The van der Waals surface area contributed by atoms with E-state index in [-0.39, 0.29) is 31.6 Å². The van der Waals surface area contributed by atoms with Crippen LogP contribution in [0, 0.1) is 6.07 Å². The normalized spacial score (nSPS) is 10.1. The maximum Gasteiger partial charge on any atom is 0.155 e. The molecule has 0 bridgehead atoms. The molecular formula is C19H22IrNO4S-. The second-order valence-electron chi connectivity index (χ2n) is 4.96. The van der Waals surface area contributed by atoms with E-state index in [1.807, 2.05) is 24.5 Å². The van der Waals surface area contributed by atoms with E-state index in [2.05, 4.69) is 11.1 Å². The van der Waals surface area contributed by atoms with Gasteiger partial charge in [0.05, 0.1) is 20.0 Å². The zero-order valence-electron chi connectivity index (χ0n) is 15.3. The molecule has 0 aliphatic rings. The molecule has 0 aliphatic heterocycles. The molecule has 1 N–H and O–H groups in total. The number of carbonyl (C=O) groups is 1. The molecule has 0 saturated carbocycles. The van der Waals surface area contributed by atoms with Crippen molar-refractivity contribution in [2.45, 2.75) is 18.7 Å². The van der Waals surface area contributed by atoms with Crippen LogP contribution in [0.3, 0.4) is 0 Å². The van der Waals surface area contributed by atoms with E-state index >= 15 is 0 Å². The molecule has 5 nitrogen and oxygen atoms in total. The molecular weight excluding hydrogens is 530 g/mol. The molecule has 0 spiro atoms. The minimum atomic E-state index is -0.125. The Hall–Kier alpha value is -1.82. The number of pyridine rings is 1. The first-order chi connectivity index (χ1) is 11.9. The van der Waals surface area contributed by atoms with Gasteiger partial charge in [-0.05, 0) is 31.9 Å². The predicted molar refractivity (Wildman–Crippen MR) is 100 cm³/mol. The summed E-state index contributed by atoms with van der Waals surface area (Å²) in [6.07, 6.45) is 4.99. The second-order valence-corrected chi connectivity index (χ2v) is 5.84. The van der Waals surface area contributed by atoms with E-state index in [1.54, 1.807) is 38.2 Å². The van der Waals surface area contributed by atoms with E-state index in [9.17, 15) is 4.79 Å². The molecule has 0 atom stereocenters. The Morgan fingerprint density at radius 1 is 1.27 bits per heavy atom. The number of aromatic nitrogens is 1. The third-order valence-electron chi connectivity index (χ3n) is 2.97. The predicted octanol–water partition coefficient (Wildman–Crippen LogP) is 4.32. The fraction of sp³-hybridized carbons (Fsp3) is 0.263. The van der Waals surface area contributed by atoms with E-state index in [0.717, 1.165) is 21.9 Å². The summed E-state index contributed by atoms with van der Waals surface area (Å²) < 4.78 is 10.5. The first-order valence-electron chi connectivity index (χ1n) is 7.43. The van der Waals surface area contributed by atoms with Crippen LogP contribution in [-0.4, -0.2) is 36.3 Å². The van der Waals surface area contributed by atoms with Crippen molar-refractivity contribution in [2.24, 2.45) is 0 Å². The Labute approximate surface area is 172 Å². The Balaban J connectivity index is 0.000000673. The van der Waals surface area contributed by atoms with Crippen LogP contribution < -0.4 is 9.47 Å². The van der Waals surface area contributed by atoms with Crippen LogP contribution in [0.15, 0.2) is 47.2 Å². The van der Waals surface area contributed by atoms with Crippen LogP contribution in [0.1, 0.15) is 13.8 Å². The van der Waals surface area contributed by atoms with E-state index in [1.165, 1.54) is 19.9 Å². The van der Waals surface area contributed by atoms with Crippen molar-refractivity contribution in [3.8, 4) is 22.8 Å². The fourth-order valence-corrected chi connectivity index (χ4v) is 2.33. The summed E-state index contributed by atoms with van der Waals surface area (Å²) in [7, 11) is 3.25. The van der Waals surface area contributed by atoms with Gasteiger partial charge >= 0.3 is 0 Å². The first kappa shape index (κ1) is 24.2. The number of aliphatic hydroxyl groups is 1. The summed E-state index contributed by atoms with van der Waals surface area (Å²) in [6.45, 7) is 2.85. The number of hydrogen-bond donors (Lipinski definition) is 1. The number of hydrogen-bond acceptors (Lipinski definition) is 6. The maximum atomic E-state index is 10.0. The molecule has 1 aromatic carbocycles. The third-order valence-corrected chi connectivity index (χ3v) is 3.69. The van der Waals surface area contributed by atoms with Crippen molar-refractivity contribution in [3.63, 3.8) is 0 Å². The third kappa shape index (κ3) is 8.04. The van der Waals surface area contributed by atoms with Crippen LogP contribution in [0.4, 0.5) is 0 Å². The average molecular weight is 553 g/mol. The number of rotatable bonds is 5. The van der Waals surface area contributed by atoms with Crippen molar-refractivity contribution in [2.75, 3.05) is 20.5 Å². The van der Waals surface area contributed by atoms with Gasteiger partial charge in [-0.3, -0.25) is 4.79 Å². The van der Waals surface area contributed by atoms with Gasteiger partial charge in [0.15, 0.2) is 5.78 Å². The quantitative estimate of drug-likeness (QED) is 0.258. The molecule has 0 unspecified atom stereocenters. The fourth-order valence-electron chi connectivity index (χ4n) is 1.91. The molecule has 26 heavy (non-hydrogen) atoms. The van der Waals surface area contributed by atoms with Gasteiger partial charge in [0.25, 0.3) is 0 Å². The second kappa shape index (κ2) is 12.5. The number of ether oxygens (including phenoxy) is 2. The van der Waals surface area contributed by atoms with E-state index < -0.39 is 0 Å². The van der Waals surface area contributed by atoms with Gasteiger partial charge in [0, 0.05) is 48.8 Å². The molecule has 7 heteroatoms. The van der Waals surface area contributed by atoms with Crippen LogP contribution in [0.5, 0.6) is 11.5 Å². The molecule has 2 aromatic rings. The van der Waals surface area contributed by atoms with Crippen molar-refractivity contribution in [1.29, 1.82) is 0 Å².